The molecule has 1 N–H and O–H groups in total. The lowest BCUT2D eigenvalue weighted by molar-refractivity contribution is 0.409. The SMILES string of the molecule is CCc1nn(C)cc1CNCCc1ncon1. The average molecular weight is 235 g/mol. The zero-order valence-corrected chi connectivity index (χ0v) is 10.2. The minimum Gasteiger partial charge on any atom is -0.343 e. The van der Waals surface area contributed by atoms with E-state index in [9.17, 15) is 0 Å². The molecule has 2 aromatic rings. The maximum absolute atomic E-state index is 4.67. The van der Waals surface area contributed by atoms with E-state index in [1.54, 1.807) is 0 Å². The molecule has 2 heterocycles. The van der Waals surface area contributed by atoms with Crippen molar-refractivity contribution >= 4 is 0 Å². The molecule has 0 unspecified atom stereocenters. The standard InChI is InChI=1S/C11H17N5O/c1-3-10-9(7-16(2)14-10)6-12-5-4-11-13-8-17-15-11/h7-8,12H,3-6H2,1-2H3. The lowest BCUT2D eigenvalue weighted by Crippen LogP contribution is -2.17. The number of aromatic nitrogens is 4. The molecule has 0 saturated heterocycles. The quantitative estimate of drug-likeness (QED) is 0.746. The van der Waals surface area contributed by atoms with E-state index in [0.29, 0.717) is 0 Å². The van der Waals surface area contributed by atoms with Crippen LogP contribution < -0.4 is 5.32 Å². The highest BCUT2D eigenvalue weighted by Crippen LogP contribution is 2.06. The summed E-state index contributed by atoms with van der Waals surface area (Å²) in [5.41, 5.74) is 2.41. The molecule has 6 nitrogen and oxygen atoms in total. The second kappa shape index (κ2) is 5.58. The van der Waals surface area contributed by atoms with Crippen LogP contribution in [0.2, 0.25) is 0 Å². The van der Waals surface area contributed by atoms with Gasteiger partial charge in [-0.25, -0.2) is 0 Å². The molecular formula is C11H17N5O. The first-order chi connectivity index (χ1) is 8.29. The van der Waals surface area contributed by atoms with E-state index in [0.717, 1.165) is 37.4 Å². The molecule has 0 amide bonds. The predicted octanol–water partition coefficient (Wildman–Crippen LogP) is 0.698. The summed E-state index contributed by atoms with van der Waals surface area (Å²) in [6.07, 6.45) is 5.15. The van der Waals surface area contributed by atoms with Crippen LogP contribution in [0.1, 0.15) is 24.0 Å². The smallest absolute Gasteiger partial charge is 0.213 e. The summed E-state index contributed by atoms with van der Waals surface area (Å²) in [6.45, 7) is 3.78. The molecule has 0 radical (unpaired) electrons. The minimum absolute atomic E-state index is 0.736. The van der Waals surface area contributed by atoms with Crippen LogP contribution in [0, 0.1) is 0 Å². The van der Waals surface area contributed by atoms with E-state index < -0.39 is 0 Å². The fourth-order valence-corrected chi connectivity index (χ4v) is 1.75. The summed E-state index contributed by atoms with van der Waals surface area (Å²) in [7, 11) is 1.95. The lowest BCUT2D eigenvalue weighted by atomic mass is 10.2. The number of hydrogen-bond donors (Lipinski definition) is 1. The normalized spacial score (nSPS) is 10.9. The first kappa shape index (κ1) is 11.8. The van der Waals surface area contributed by atoms with Crippen LogP contribution in [-0.2, 0) is 26.4 Å². The number of nitrogens with one attached hydrogen (secondary N) is 1. The maximum atomic E-state index is 4.67. The third kappa shape index (κ3) is 3.13. The van der Waals surface area contributed by atoms with Crippen LogP contribution in [0.3, 0.4) is 0 Å². The Balaban J connectivity index is 1.77. The summed E-state index contributed by atoms with van der Waals surface area (Å²) in [4.78, 5) is 3.96. The van der Waals surface area contributed by atoms with Gasteiger partial charge in [0.2, 0.25) is 6.39 Å². The fraction of sp³-hybridized carbons (Fsp3) is 0.545. The fourth-order valence-electron chi connectivity index (χ4n) is 1.75. The monoisotopic (exact) mass is 235 g/mol. The molecule has 2 rings (SSSR count). The van der Waals surface area contributed by atoms with Crippen LogP contribution in [0.15, 0.2) is 17.1 Å². The van der Waals surface area contributed by atoms with Crippen molar-refractivity contribution in [2.24, 2.45) is 7.05 Å². The third-order valence-electron chi connectivity index (χ3n) is 2.57. The van der Waals surface area contributed by atoms with Gasteiger partial charge in [-0.3, -0.25) is 4.68 Å². The Morgan fingerprint density at radius 2 is 2.35 bits per heavy atom. The van der Waals surface area contributed by atoms with Crippen LogP contribution in [-0.4, -0.2) is 26.5 Å². The van der Waals surface area contributed by atoms with Gasteiger partial charge in [0.05, 0.1) is 5.69 Å². The highest BCUT2D eigenvalue weighted by Gasteiger charge is 2.05. The van der Waals surface area contributed by atoms with Crippen molar-refractivity contribution in [3.8, 4) is 0 Å². The van der Waals surface area contributed by atoms with Crippen LogP contribution >= 0.6 is 0 Å². The van der Waals surface area contributed by atoms with Gasteiger partial charge in [-0.1, -0.05) is 12.1 Å². The van der Waals surface area contributed by atoms with Gasteiger partial charge in [0, 0.05) is 38.3 Å². The summed E-state index contributed by atoms with van der Waals surface area (Å²) in [5, 5.41) is 11.5. The molecule has 0 aliphatic carbocycles. The second-order valence-corrected chi connectivity index (χ2v) is 3.90. The topological polar surface area (TPSA) is 68.8 Å². The van der Waals surface area contributed by atoms with Crippen molar-refractivity contribution in [2.45, 2.75) is 26.3 Å². The van der Waals surface area contributed by atoms with Gasteiger partial charge in [-0.2, -0.15) is 10.1 Å². The average Bonchev–Trinajstić information content (AvgIpc) is 2.93. The molecule has 0 atom stereocenters. The first-order valence-corrected chi connectivity index (χ1v) is 5.77. The summed E-state index contributed by atoms with van der Waals surface area (Å²) in [5.74, 6) is 0.736. The van der Waals surface area contributed by atoms with Crippen molar-refractivity contribution in [3.05, 3.63) is 29.7 Å². The van der Waals surface area contributed by atoms with Gasteiger partial charge < -0.3 is 9.84 Å². The largest absolute Gasteiger partial charge is 0.343 e. The number of aryl methyl sites for hydroxylation is 2. The Bertz CT molecular complexity index is 448. The van der Waals surface area contributed by atoms with Gasteiger partial charge in [0.25, 0.3) is 0 Å². The van der Waals surface area contributed by atoms with E-state index in [1.165, 1.54) is 12.0 Å². The zero-order valence-electron chi connectivity index (χ0n) is 10.2. The number of rotatable bonds is 6. The van der Waals surface area contributed by atoms with Crippen LogP contribution in [0.5, 0.6) is 0 Å². The molecule has 0 fully saturated rings. The molecule has 0 saturated carbocycles. The molecule has 2 aromatic heterocycles. The molecule has 0 aliphatic heterocycles. The van der Waals surface area contributed by atoms with E-state index in [2.05, 4.69) is 38.2 Å². The molecular weight excluding hydrogens is 218 g/mol. The van der Waals surface area contributed by atoms with E-state index in [4.69, 9.17) is 0 Å². The van der Waals surface area contributed by atoms with Crippen LogP contribution in [0.4, 0.5) is 0 Å². The minimum atomic E-state index is 0.736. The Morgan fingerprint density at radius 1 is 1.47 bits per heavy atom. The number of nitrogens with zero attached hydrogens (tertiary/aromatic N) is 4. The van der Waals surface area contributed by atoms with Crippen LogP contribution in [0.25, 0.3) is 0 Å². The summed E-state index contributed by atoms with van der Waals surface area (Å²) < 4.78 is 6.52. The van der Waals surface area contributed by atoms with Gasteiger partial charge in [-0.15, -0.1) is 0 Å². The first-order valence-electron chi connectivity index (χ1n) is 5.77. The molecule has 17 heavy (non-hydrogen) atoms. The highest BCUT2D eigenvalue weighted by atomic mass is 16.5. The Labute approximate surface area is 100 Å². The van der Waals surface area contributed by atoms with Crippen molar-refractivity contribution < 1.29 is 4.52 Å². The van der Waals surface area contributed by atoms with Crippen molar-refractivity contribution in [1.29, 1.82) is 0 Å². The Morgan fingerprint density at radius 3 is 3.06 bits per heavy atom. The maximum Gasteiger partial charge on any atom is 0.213 e. The second-order valence-electron chi connectivity index (χ2n) is 3.90. The van der Waals surface area contributed by atoms with Gasteiger partial charge in [-0.05, 0) is 6.42 Å². The molecule has 0 aliphatic rings. The van der Waals surface area contributed by atoms with Crippen molar-refractivity contribution in [2.75, 3.05) is 6.54 Å². The van der Waals surface area contributed by atoms with E-state index in [1.807, 2.05) is 11.7 Å². The Hall–Kier alpha value is -1.69. The molecule has 0 aromatic carbocycles. The van der Waals surface area contributed by atoms with Gasteiger partial charge in [0.15, 0.2) is 5.82 Å². The van der Waals surface area contributed by atoms with Crippen molar-refractivity contribution in [1.82, 2.24) is 25.2 Å². The summed E-state index contributed by atoms with van der Waals surface area (Å²) >= 11 is 0. The lowest BCUT2D eigenvalue weighted by Gasteiger charge is -2.02. The van der Waals surface area contributed by atoms with E-state index >= 15 is 0 Å². The Kier molecular flexibility index (Phi) is 3.87. The number of hydrogen-bond acceptors (Lipinski definition) is 5. The molecule has 6 heteroatoms. The summed E-state index contributed by atoms with van der Waals surface area (Å²) in [6, 6.07) is 0. The third-order valence-corrected chi connectivity index (χ3v) is 2.57. The van der Waals surface area contributed by atoms with Crippen molar-refractivity contribution in [3.63, 3.8) is 0 Å². The molecule has 0 bridgehead atoms. The zero-order chi connectivity index (χ0) is 12.1. The van der Waals surface area contributed by atoms with Gasteiger partial charge >= 0.3 is 0 Å². The van der Waals surface area contributed by atoms with Gasteiger partial charge in [0.1, 0.15) is 0 Å². The molecule has 0 spiro atoms. The highest BCUT2D eigenvalue weighted by molar-refractivity contribution is 5.16. The molecule has 92 valence electrons. The predicted molar refractivity (Wildman–Crippen MR) is 62.3 cm³/mol. The van der Waals surface area contributed by atoms with E-state index in [-0.39, 0.29) is 0 Å².